The number of allylic oxidation sites excluding steroid dienone is 1. The van der Waals surface area contributed by atoms with E-state index < -0.39 is 0 Å². The Hall–Kier alpha value is -1.32. The third kappa shape index (κ3) is 1.82. The summed E-state index contributed by atoms with van der Waals surface area (Å²) in [4.78, 5) is 12.5. The molecule has 4 heteroatoms. The van der Waals surface area contributed by atoms with Crippen LogP contribution in [0.1, 0.15) is 59.8 Å². The first-order chi connectivity index (χ1) is 10.4. The van der Waals surface area contributed by atoms with Gasteiger partial charge in [-0.3, -0.25) is 0 Å². The van der Waals surface area contributed by atoms with E-state index in [0.29, 0.717) is 11.8 Å². The molecule has 2 aliphatic carbocycles. The minimum absolute atomic E-state index is 0.0188. The summed E-state index contributed by atoms with van der Waals surface area (Å²) in [6, 6.07) is 0. The third-order valence-corrected chi connectivity index (χ3v) is 6.52. The molecule has 4 atom stereocenters. The highest BCUT2D eigenvalue weighted by atomic mass is 16.6. The summed E-state index contributed by atoms with van der Waals surface area (Å²) in [5.74, 6) is 0.950. The van der Waals surface area contributed by atoms with E-state index in [2.05, 4.69) is 34.3 Å². The fraction of sp³-hybridized carbons (Fsp3) is 0.778. The Labute approximate surface area is 133 Å². The van der Waals surface area contributed by atoms with Gasteiger partial charge in [-0.25, -0.2) is 4.79 Å². The Bertz CT molecular complexity index is 525. The van der Waals surface area contributed by atoms with Crippen molar-refractivity contribution in [2.24, 2.45) is 22.4 Å². The normalized spacial score (nSPS) is 37.2. The number of hydrogen-bond acceptors (Lipinski definition) is 3. The first kappa shape index (κ1) is 15.6. The quantitative estimate of drug-likeness (QED) is 0.559. The highest BCUT2D eigenvalue weighted by Crippen LogP contribution is 2.65. The van der Waals surface area contributed by atoms with Crippen LogP contribution in [0.3, 0.4) is 0 Å². The van der Waals surface area contributed by atoms with Gasteiger partial charge in [0.2, 0.25) is 0 Å². The van der Waals surface area contributed by atoms with E-state index in [0.717, 1.165) is 31.4 Å². The molecule has 1 aliphatic heterocycles. The summed E-state index contributed by atoms with van der Waals surface area (Å²) in [5, 5.41) is 6.55. The van der Waals surface area contributed by atoms with Crippen LogP contribution < -0.4 is 0 Å². The van der Waals surface area contributed by atoms with Gasteiger partial charge < -0.3 is 4.74 Å². The lowest BCUT2D eigenvalue weighted by molar-refractivity contribution is 0.0566. The summed E-state index contributed by atoms with van der Waals surface area (Å²) in [6.07, 6.45) is 6.61. The second-order valence-corrected chi connectivity index (χ2v) is 7.67. The number of amides is 1. The molecule has 3 rings (SSSR count). The number of carbonyl (C=O) groups excluding carboxylic acids is 1. The number of nitrogens with zero attached hydrogens (tertiary/aromatic N) is 2. The van der Waals surface area contributed by atoms with Gasteiger partial charge in [0.15, 0.2) is 0 Å². The van der Waals surface area contributed by atoms with E-state index in [4.69, 9.17) is 9.84 Å². The maximum absolute atomic E-state index is 12.5. The molecule has 0 N–H and O–H groups in total. The number of ether oxygens (including phenoxy) is 1. The summed E-state index contributed by atoms with van der Waals surface area (Å²) in [6.45, 7) is 12.6. The molecule has 2 saturated carbocycles. The van der Waals surface area contributed by atoms with Gasteiger partial charge in [0, 0.05) is 5.71 Å². The molecule has 2 bridgehead atoms. The molecule has 0 unspecified atom stereocenters. The molecule has 1 spiro atoms. The minimum atomic E-state index is -0.254. The molecule has 1 heterocycles. The van der Waals surface area contributed by atoms with Gasteiger partial charge in [-0.05, 0) is 49.4 Å². The fourth-order valence-electron chi connectivity index (χ4n) is 5.03. The van der Waals surface area contributed by atoms with Crippen molar-refractivity contribution >= 4 is 11.8 Å². The average molecular weight is 304 g/mol. The Morgan fingerprint density at radius 1 is 1.59 bits per heavy atom. The topological polar surface area (TPSA) is 41.9 Å². The SMILES string of the molecule is C=CC[C@H](C)/C(CC)=N/N1C(=O)O[C@@H]2C[C@H]3CC[C@@]21C3(C)C. The monoisotopic (exact) mass is 304 g/mol. The smallest absolute Gasteiger partial charge is 0.431 e. The first-order valence-corrected chi connectivity index (χ1v) is 8.57. The van der Waals surface area contributed by atoms with Crippen LogP contribution in [0.5, 0.6) is 0 Å². The lowest BCUT2D eigenvalue weighted by atomic mass is 9.75. The lowest BCUT2D eigenvalue weighted by Crippen LogP contribution is -2.53. The van der Waals surface area contributed by atoms with Gasteiger partial charge >= 0.3 is 6.09 Å². The van der Waals surface area contributed by atoms with Crippen molar-refractivity contribution in [3.63, 3.8) is 0 Å². The molecular weight excluding hydrogens is 276 g/mol. The van der Waals surface area contributed by atoms with Crippen LogP contribution in [0, 0.1) is 17.3 Å². The summed E-state index contributed by atoms with van der Waals surface area (Å²) < 4.78 is 5.70. The van der Waals surface area contributed by atoms with E-state index >= 15 is 0 Å². The molecule has 3 fully saturated rings. The Morgan fingerprint density at radius 3 is 2.91 bits per heavy atom. The molecule has 0 aromatic heterocycles. The highest BCUT2D eigenvalue weighted by molar-refractivity contribution is 5.87. The van der Waals surface area contributed by atoms with E-state index in [9.17, 15) is 4.79 Å². The van der Waals surface area contributed by atoms with Gasteiger partial charge in [0.25, 0.3) is 0 Å². The summed E-state index contributed by atoms with van der Waals surface area (Å²) >= 11 is 0. The Kier molecular flexibility index (Phi) is 3.61. The fourth-order valence-corrected chi connectivity index (χ4v) is 5.03. The van der Waals surface area contributed by atoms with E-state index in [1.807, 2.05) is 6.08 Å². The van der Waals surface area contributed by atoms with E-state index in [-0.39, 0.29) is 23.2 Å². The summed E-state index contributed by atoms with van der Waals surface area (Å²) in [7, 11) is 0. The molecule has 1 amide bonds. The molecular formula is C18H28N2O2. The third-order valence-electron chi connectivity index (χ3n) is 6.52. The van der Waals surface area contributed by atoms with Crippen LogP contribution >= 0.6 is 0 Å². The molecule has 3 aliphatic rings. The molecule has 0 aromatic carbocycles. The van der Waals surface area contributed by atoms with Crippen molar-refractivity contribution in [1.29, 1.82) is 0 Å². The van der Waals surface area contributed by atoms with Crippen molar-refractivity contribution in [2.45, 2.75) is 71.4 Å². The van der Waals surface area contributed by atoms with Crippen LogP contribution in [0.2, 0.25) is 0 Å². The van der Waals surface area contributed by atoms with E-state index in [1.54, 1.807) is 5.01 Å². The molecule has 4 nitrogen and oxygen atoms in total. The predicted octanol–water partition coefficient (Wildman–Crippen LogP) is 4.36. The molecule has 122 valence electrons. The van der Waals surface area contributed by atoms with Gasteiger partial charge in [0.05, 0.1) is 0 Å². The van der Waals surface area contributed by atoms with Crippen LogP contribution in [-0.2, 0) is 4.74 Å². The molecule has 0 aromatic rings. The lowest BCUT2D eigenvalue weighted by Gasteiger charge is -2.40. The second-order valence-electron chi connectivity index (χ2n) is 7.67. The molecule has 0 radical (unpaired) electrons. The van der Waals surface area contributed by atoms with Crippen LogP contribution in [-0.4, -0.2) is 28.5 Å². The number of fused-ring (bicyclic) bond motifs is 1. The van der Waals surface area contributed by atoms with Gasteiger partial charge in [-0.1, -0.05) is 33.8 Å². The predicted molar refractivity (Wildman–Crippen MR) is 87.7 cm³/mol. The standard InChI is InChI=1S/C18H28N2O2/c1-6-8-12(3)14(7-2)19-20-16(21)22-15-11-13-9-10-18(15,20)17(13,4)5/h6,12-13,15H,1,7-11H2,2-5H3/b19-14+/t12-,13+,15+,18-/m0/s1. The van der Waals surface area contributed by atoms with Crippen molar-refractivity contribution in [3.8, 4) is 0 Å². The van der Waals surface area contributed by atoms with Gasteiger partial charge in [-0.15, -0.1) is 6.58 Å². The Balaban J connectivity index is 1.98. The number of hydrogen-bond donors (Lipinski definition) is 0. The van der Waals surface area contributed by atoms with Crippen molar-refractivity contribution in [2.75, 3.05) is 0 Å². The minimum Gasteiger partial charge on any atom is -0.442 e. The zero-order valence-corrected chi connectivity index (χ0v) is 14.3. The number of rotatable bonds is 5. The van der Waals surface area contributed by atoms with Crippen molar-refractivity contribution in [1.82, 2.24) is 5.01 Å². The van der Waals surface area contributed by atoms with Crippen LogP contribution in [0.15, 0.2) is 17.8 Å². The van der Waals surface area contributed by atoms with Crippen LogP contribution in [0.4, 0.5) is 4.79 Å². The highest BCUT2D eigenvalue weighted by Gasteiger charge is 2.73. The number of carbonyl (C=O) groups is 1. The maximum Gasteiger partial charge on any atom is 0.431 e. The molecule has 1 saturated heterocycles. The van der Waals surface area contributed by atoms with Gasteiger partial charge in [0.1, 0.15) is 11.6 Å². The van der Waals surface area contributed by atoms with Crippen molar-refractivity contribution in [3.05, 3.63) is 12.7 Å². The van der Waals surface area contributed by atoms with E-state index in [1.165, 1.54) is 6.42 Å². The maximum atomic E-state index is 12.5. The zero-order valence-electron chi connectivity index (χ0n) is 14.3. The van der Waals surface area contributed by atoms with Crippen molar-refractivity contribution < 1.29 is 9.53 Å². The zero-order chi connectivity index (χ0) is 16.1. The largest absolute Gasteiger partial charge is 0.442 e. The van der Waals surface area contributed by atoms with Crippen LogP contribution in [0.25, 0.3) is 0 Å². The first-order valence-electron chi connectivity index (χ1n) is 8.57. The Morgan fingerprint density at radius 2 is 2.32 bits per heavy atom. The second kappa shape index (κ2) is 5.10. The molecule has 22 heavy (non-hydrogen) atoms. The number of hydrazone groups is 1. The average Bonchev–Trinajstić information content (AvgIpc) is 2.97. The summed E-state index contributed by atoms with van der Waals surface area (Å²) in [5.41, 5.74) is 0.912. The van der Waals surface area contributed by atoms with Gasteiger partial charge in [-0.2, -0.15) is 10.1 Å².